The molecule has 8 fully saturated rings. The fourth-order valence-electron chi connectivity index (χ4n) is 16.2. The van der Waals surface area contributed by atoms with E-state index in [1.165, 1.54) is 0 Å². The minimum absolute atomic E-state index is 0.686. The van der Waals surface area contributed by atoms with Crippen LogP contribution in [-0.2, 0) is 114 Å². The Morgan fingerprint density at radius 1 is 0.346 bits per heavy atom. The predicted octanol–water partition coefficient (Wildman–Crippen LogP) is -23.0. The molecule has 0 bridgehead atoms. The second-order valence-corrected chi connectivity index (χ2v) is 31.8. The first-order valence-electron chi connectivity index (χ1n) is 40.0. The molecular formula is C70H113N5O55. The topological polar surface area (TPSA) is 979 Å². The Balaban J connectivity index is 1.31. The van der Waals surface area contributed by atoms with E-state index in [1.807, 2.05) is 10.6 Å². The highest BCUT2D eigenvalue weighted by Crippen LogP contribution is 2.45. The van der Waals surface area contributed by atoms with Crippen LogP contribution in [0.2, 0.25) is 0 Å². The molecule has 0 aromatic carbocycles. The number of carboxylic acid groups (broad SMARTS) is 4. The van der Waals surface area contributed by atoms with Gasteiger partial charge in [0.25, 0.3) is 23.1 Å². The van der Waals surface area contributed by atoms with Gasteiger partial charge in [-0.05, 0) is 0 Å². The largest absolute Gasteiger partial charge is 0.477 e. The molecule has 60 nitrogen and oxygen atoms in total. The number of aliphatic hydroxyl groups is 27. The van der Waals surface area contributed by atoms with Crippen molar-refractivity contribution in [2.24, 2.45) is 0 Å². The van der Waals surface area contributed by atoms with Gasteiger partial charge < -0.3 is 256 Å². The Hall–Kier alpha value is -6.45. The van der Waals surface area contributed by atoms with Crippen molar-refractivity contribution >= 4 is 53.4 Å². The molecule has 60 heteroatoms. The lowest BCUT2D eigenvalue weighted by Crippen LogP contribution is -2.73. The maximum atomic E-state index is 14.5. The first kappa shape index (κ1) is 109. The fraction of sp³-hybridized carbons (Fsp3) is 0.871. The van der Waals surface area contributed by atoms with Crippen molar-refractivity contribution < 1.29 is 273 Å². The van der Waals surface area contributed by atoms with Crippen molar-refractivity contribution in [3.05, 3.63) is 0 Å². The molecule has 5 amide bonds. The zero-order valence-corrected chi connectivity index (χ0v) is 68.7. The Kier molecular flexibility index (Phi) is 38.5. The first-order valence-corrected chi connectivity index (χ1v) is 40.0. The van der Waals surface area contributed by atoms with Gasteiger partial charge in [0.1, 0.15) is 184 Å². The van der Waals surface area contributed by atoms with Crippen LogP contribution < -0.4 is 26.6 Å². The molecule has 0 saturated carbocycles. The van der Waals surface area contributed by atoms with Gasteiger partial charge in [-0.3, -0.25) is 24.0 Å². The number of ether oxygens (including phenoxy) is 15. The summed E-state index contributed by atoms with van der Waals surface area (Å²) in [6.45, 7) is -12.2. The molecule has 0 spiro atoms. The van der Waals surface area contributed by atoms with Gasteiger partial charge in [-0.25, -0.2) is 19.2 Å². The van der Waals surface area contributed by atoms with Gasteiger partial charge >= 0.3 is 23.9 Å². The van der Waals surface area contributed by atoms with E-state index in [2.05, 4.69) is 16.0 Å². The van der Waals surface area contributed by atoms with Gasteiger partial charge in [0, 0.05) is 46.5 Å². The second-order valence-electron chi connectivity index (χ2n) is 31.8. The number of aliphatic carboxylic acids is 4. The van der Waals surface area contributed by atoms with Gasteiger partial charge in [-0.2, -0.15) is 0 Å². The lowest BCUT2D eigenvalue weighted by molar-refractivity contribution is -0.406. The lowest BCUT2D eigenvalue weighted by atomic mass is 9.87. The third-order valence-electron chi connectivity index (χ3n) is 22.8. The number of carboxylic acids is 4. The number of amides is 5. The summed E-state index contributed by atoms with van der Waals surface area (Å²) in [5, 5.41) is 355. The molecule has 8 rings (SSSR count). The van der Waals surface area contributed by atoms with Crippen molar-refractivity contribution in [1.82, 2.24) is 26.6 Å². The maximum absolute atomic E-state index is 14.5. The molecule has 130 heavy (non-hydrogen) atoms. The van der Waals surface area contributed by atoms with E-state index in [-0.39, 0.29) is 0 Å². The molecule has 0 radical (unpaired) electrons. The van der Waals surface area contributed by atoms with Crippen LogP contribution in [0.5, 0.6) is 0 Å². The van der Waals surface area contributed by atoms with Crippen molar-refractivity contribution in [2.45, 2.75) is 314 Å². The fourth-order valence-corrected chi connectivity index (χ4v) is 16.2. The Bertz CT molecular complexity index is 3760. The van der Waals surface area contributed by atoms with E-state index < -0.39 is 413 Å². The van der Waals surface area contributed by atoms with E-state index in [4.69, 9.17) is 71.1 Å². The van der Waals surface area contributed by atoms with Gasteiger partial charge in [0.2, 0.25) is 29.5 Å². The summed E-state index contributed by atoms with van der Waals surface area (Å²) in [5.74, 6) is -30.4. The molecule has 8 aliphatic rings. The van der Waals surface area contributed by atoms with E-state index >= 15 is 0 Å². The highest BCUT2D eigenvalue weighted by molar-refractivity contribution is 5.80. The van der Waals surface area contributed by atoms with Gasteiger partial charge in [-0.15, -0.1) is 0 Å². The van der Waals surface area contributed by atoms with Crippen LogP contribution in [0.1, 0.15) is 46.5 Å². The highest BCUT2D eigenvalue weighted by Gasteiger charge is 2.67. The first-order chi connectivity index (χ1) is 60.9. The summed E-state index contributed by atoms with van der Waals surface area (Å²) >= 11 is 0. The number of hydrogen-bond donors (Lipinski definition) is 36. The molecule has 8 saturated heterocycles. The standard InChI is InChI=1S/C70H113N5O55/c1-18(85)71-35-22(89)6-69(65(112)113,127-53(35)40(97)25(92)8-76)129-57-43(100)28(11-79)118-61(48(57)105)123-52-39(73-20(3)87)60(120-32(45(52)102)17-116-67(63(108)109)4-21(88)37(74-33(95)15-83)54(125-67)41(98)26(93)9-77)122-51-31(14-82)119-62(121-50-30(13-81)117-59(107)47(104)46(50)103)49(106)58(51)130-70(66(114)115)7-23(90)36(72-19(2)86)56(128-70)44(101)29(12-80)124-68(64(110)111)5-24(91)38(75-34(96)16-84)55(126-68)42(99)27(94)10-78/h21-32,35-62,76-84,88-94,97-107H,4-17H2,1-3H3,(H,71,85)(H,72,86)(H,73,87)(H,74,95)(H,75,96)(H,108,109)(H,110,111)(H,112,113)(H,114,115)/t21-,22-,23-,24-,25+,26+,27+,28+,29+,30+,31+,32+,35+,36+,37+,38+,39+,40+,41+,42+,43-,44+,45-,46+,47+,48+,49+,50+,51-,52+,53+,54+,55+,56+,57-,58+,59+,60-,61-,62-,67+,68+,69-,70-/m0/s1. The molecule has 0 aromatic heterocycles. The van der Waals surface area contributed by atoms with Crippen LogP contribution in [0.3, 0.4) is 0 Å². The molecule has 0 unspecified atom stereocenters. The predicted molar refractivity (Wildman–Crippen MR) is 394 cm³/mol. The average Bonchev–Trinajstić information content (AvgIpc) is 0.756. The van der Waals surface area contributed by atoms with Crippen molar-refractivity contribution in [2.75, 3.05) is 66.1 Å². The van der Waals surface area contributed by atoms with Gasteiger partial charge in [-0.1, -0.05) is 0 Å². The molecule has 8 heterocycles. The van der Waals surface area contributed by atoms with E-state index in [1.54, 1.807) is 0 Å². The normalized spacial score (nSPS) is 42.0. The minimum Gasteiger partial charge on any atom is -0.477 e. The number of hydrogen-bond acceptors (Lipinski definition) is 51. The summed E-state index contributed by atoms with van der Waals surface area (Å²) < 4.78 is 88.2. The summed E-state index contributed by atoms with van der Waals surface area (Å²) in [4.78, 5) is 120. The molecule has 0 aromatic rings. The van der Waals surface area contributed by atoms with Crippen LogP contribution in [0, 0.1) is 0 Å². The van der Waals surface area contributed by atoms with Crippen molar-refractivity contribution in [3.8, 4) is 0 Å². The Morgan fingerprint density at radius 2 is 0.685 bits per heavy atom. The van der Waals surface area contributed by atoms with Crippen LogP contribution in [0.25, 0.3) is 0 Å². The van der Waals surface area contributed by atoms with E-state index in [9.17, 15) is 201 Å². The zero-order chi connectivity index (χ0) is 97.3. The molecule has 36 N–H and O–H groups in total. The monoisotopic (exact) mass is 1900 g/mol. The lowest BCUT2D eigenvalue weighted by Gasteiger charge is -2.53. The highest BCUT2D eigenvalue weighted by atomic mass is 16.8. The molecule has 748 valence electrons. The maximum Gasteiger partial charge on any atom is 0.364 e. The SMILES string of the molecule is CC(=O)N[C@H]1[C@H](O[C@@H]2[C@H](O[C@]3(C(=O)O)C[C@H](O)[C@@H](NC(C)=O)[C@H]([C@H](O)[C@@H](CO)O[C@]4(C(=O)O)C[C@H](O)[C@@H](NC(=O)CO)[C@H]([C@H](O)[C@H](O)CO)O4)O3)[C@@H](O)[C@H](O[C@H]3[C@H](O)[C@@H](O)[C@H](O)O[C@@H]3CO)O[C@@H]2CO)O[C@H](CO[C@]2(C(=O)O)C[C@H](O)[C@@H](NC(=O)CO)[C@H]([C@H](O)[C@H](O)CO)O2)[C@H](O)[C@@H]1O[C@@H]1O[C@H](CO)[C@H](O)[C@H](O[C@]2(C(=O)O)C[C@H](O)[C@@H](NC(C)=O)[C@H]([C@H](O)[C@H](O)CO)O2)[C@H]1O. The van der Waals surface area contributed by atoms with Crippen molar-refractivity contribution in [3.63, 3.8) is 0 Å². The van der Waals surface area contributed by atoms with Gasteiger partial charge in [0.15, 0.2) is 25.2 Å². The molecule has 0 aliphatic carbocycles. The molecule has 44 atom stereocenters. The minimum atomic E-state index is -3.96. The Labute approximate surface area is 730 Å². The number of carbonyl (C=O) groups excluding carboxylic acids is 5. The number of nitrogens with one attached hydrogen (secondary N) is 5. The van der Waals surface area contributed by atoms with Gasteiger partial charge in [0.05, 0.1) is 101 Å². The van der Waals surface area contributed by atoms with Crippen LogP contribution in [0.15, 0.2) is 0 Å². The zero-order valence-electron chi connectivity index (χ0n) is 68.7. The van der Waals surface area contributed by atoms with Crippen molar-refractivity contribution in [1.29, 1.82) is 0 Å². The molecular weight excluding hydrogens is 1790 g/mol. The summed E-state index contributed by atoms with van der Waals surface area (Å²) in [5.41, 5.74) is 0. The average molecular weight is 1900 g/mol. The van der Waals surface area contributed by atoms with Crippen LogP contribution >= 0.6 is 0 Å². The Morgan fingerprint density at radius 3 is 1.09 bits per heavy atom. The molecule has 8 aliphatic heterocycles. The third kappa shape index (κ3) is 23.8. The third-order valence-corrected chi connectivity index (χ3v) is 22.8. The summed E-state index contributed by atoms with van der Waals surface area (Å²) in [6.07, 6.45) is -95.8. The van der Waals surface area contributed by atoms with E-state index in [0.29, 0.717) is 6.92 Å². The smallest absolute Gasteiger partial charge is 0.364 e. The van der Waals surface area contributed by atoms with E-state index in [0.717, 1.165) is 13.8 Å². The number of rotatable bonds is 41. The van der Waals surface area contributed by atoms with Crippen LogP contribution in [0.4, 0.5) is 0 Å². The summed E-state index contributed by atoms with van der Waals surface area (Å²) in [7, 11) is 0. The second kappa shape index (κ2) is 45.9. The van der Waals surface area contributed by atoms with Crippen LogP contribution in [-0.4, -0.2) is 546 Å². The number of aliphatic hydroxyl groups excluding tert-OH is 27. The quantitative estimate of drug-likeness (QED) is 0.0270. The number of carbonyl (C=O) groups is 9. The summed E-state index contributed by atoms with van der Waals surface area (Å²) in [6, 6.07) is -10.9.